The first-order chi connectivity index (χ1) is 12.4. The Morgan fingerprint density at radius 1 is 1.12 bits per heavy atom. The second-order valence-corrected chi connectivity index (χ2v) is 8.21. The lowest BCUT2D eigenvalue weighted by Gasteiger charge is -2.46. The lowest BCUT2D eigenvalue weighted by Crippen LogP contribution is -2.41. The number of aryl methyl sites for hydroxylation is 1. The van der Waals surface area contributed by atoms with Gasteiger partial charge in [0.1, 0.15) is 11.9 Å². The maximum atomic E-state index is 11.5. The molecule has 3 aliphatic carbocycles. The highest BCUT2D eigenvalue weighted by Crippen LogP contribution is 2.59. The molecule has 0 aromatic heterocycles. The summed E-state index contributed by atoms with van der Waals surface area (Å²) < 4.78 is 10.9. The molecule has 1 saturated carbocycles. The molecule has 4 atom stereocenters. The smallest absolute Gasteiger partial charge is 0.308 e. The van der Waals surface area contributed by atoms with Crippen LogP contribution in [0.4, 0.5) is 0 Å². The summed E-state index contributed by atoms with van der Waals surface area (Å²) in [5.74, 6) is 1.27. The fourth-order valence-electron chi connectivity index (χ4n) is 5.53. The van der Waals surface area contributed by atoms with Gasteiger partial charge in [-0.15, -0.1) is 0 Å². The number of esters is 2. The van der Waals surface area contributed by atoms with Crippen LogP contribution in [0.2, 0.25) is 0 Å². The van der Waals surface area contributed by atoms with Crippen molar-refractivity contribution in [2.24, 2.45) is 17.3 Å². The summed E-state index contributed by atoms with van der Waals surface area (Å²) >= 11 is 0. The van der Waals surface area contributed by atoms with Crippen molar-refractivity contribution >= 4 is 17.5 Å². The summed E-state index contributed by atoms with van der Waals surface area (Å²) in [7, 11) is 0. The third-order valence-corrected chi connectivity index (χ3v) is 6.65. The average molecular weight is 354 g/mol. The van der Waals surface area contributed by atoms with E-state index in [9.17, 15) is 9.59 Å². The number of benzene rings is 1. The summed E-state index contributed by atoms with van der Waals surface area (Å²) in [6.45, 7) is 5.24. The third-order valence-electron chi connectivity index (χ3n) is 6.65. The van der Waals surface area contributed by atoms with Gasteiger partial charge in [-0.1, -0.05) is 19.1 Å². The van der Waals surface area contributed by atoms with Crippen molar-refractivity contribution in [2.45, 2.75) is 59.0 Å². The quantitative estimate of drug-likeness (QED) is 0.587. The van der Waals surface area contributed by atoms with E-state index in [0.29, 0.717) is 17.6 Å². The van der Waals surface area contributed by atoms with Crippen LogP contribution in [0.5, 0.6) is 5.75 Å². The van der Waals surface area contributed by atoms with Crippen LogP contribution in [0.25, 0.3) is 5.57 Å². The number of hydrogen-bond donors (Lipinski definition) is 0. The van der Waals surface area contributed by atoms with Gasteiger partial charge in [0.05, 0.1) is 0 Å². The molecule has 0 radical (unpaired) electrons. The molecule has 3 aliphatic rings. The Labute approximate surface area is 154 Å². The van der Waals surface area contributed by atoms with Crippen molar-refractivity contribution in [3.05, 3.63) is 35.4 Å². The minimum absolute atomic E-state index is 0.0375. The Hall–Kier alpha value is -2.10. The van der Waals surface area contributed by atoms with E-state index in [1.54, 1.807) is 0 Å². The van der Waals surface area contributed by atoms with E-state index in [4.69, 9.17) is 9.47 Å². The van der Waals surface area contributed by atoms with Crippen LogP contribution in [0.15, 0.2) is 24.3 Å². The topological polar surface area (TPSA) is 52.6 Å². The summed E-state index contributed by atoms with van der Waals surface area (Å²) in [5, 5.41) is 0. The molecular formula is C22H26O4. The zero-order valence-corrected chi connectivity index (χ0v) is 15.7. The first-order valence-corrected chi connectivity index (χ1v) is 9.57. The highest BCUT2D eigenvalue weighted by Gasteiger charge is 2.53. The monoisotopic (exact) mass is 354 g/mol. The molecule has 1 fully saturated rings. The van der Waals surface area contributed by atoms with Gasteiger partial charge in [0.15, 0.2) is 0 Å². The molecular weight excluding hydrogens is 328 g/mol. The summed E-state index contributed by atoms with van der Waals surface area (Å²) in [4.78, 5) is 22.7. The van der Waals surface area contributed by atoms with E-state index in [2.05, 4.69) is 19.1 Å². The third kappa shape index (κ3) is 2.76. The van der Waals surface area contributed by atoms with Gasteiger partial charge < -0.3 is 9.47 Å². The number of carbonyl (C=O) groups is 2. The van der Waals surface area contributed by atoms with E-state index in [-0.39, 0.29) is 23.5 Å². The summed E-state index contributed by atoms with van der Waals surface area (Å²) in [6, 6.07) is 6.01. The maximum absolute atomic E-state index is 11.5. The second kappa shape index (κ2) is 6.26. The SMILES string of the molecule is CC(=O)Oc1ccc2c(c1)CC[C@H]1C2=CC[C@@]2(C)[C@@H](OC(C)=O)CC[C@H]12. The molecule has 138 valence electrons. The first kappa shape index (κ1) is 17.3. The van der Waals surface area contributed by atoms with Crippen LogP contribution < -0.4 is 4.74 Å². The number of fused-ring (bicyclic) bond motifs is 5. The molecule has 26 heavy (non-hydrogen) atoms. The van der Waals surface area contributed by atoms with Crippen LogP contribution in [0, 0.1) is 17.3 Å². The molecule has 0 spiro atoms. The first-order valence-electron chi connectivity index (χ1n) is 9.57. The molecule has 1 aromatic carbocycles. The fourth-order valence-corrected chi connectivity index (χ4v) is 5.53. The van der Waals surface area contributed by atoms with Gasteiger partial charge >= 0.3 is 11.9 Å². The summed E-state index contributed by atoms with van der Waals surface area (Å²) in [6.07, 6.45) is 7.55. The van der Waals surface area contributed by atoms with Gasteiger partial charge in [-0.3, -0.25) is 9.59 Å². The van der Waals surface area contributed by atoms with Crippen molar-refractivity contribution in [1.82, 2.24) is 0 Å². The van der Waals surface area contributed by atoms with Crippen LogP contribution in [0.1, 0.15) is 57.6 Å². The lowest BCUT2D eigenvalue weighted by atomic mass is 9.60. The van der Waals surface area contributed by atoms with E-state index < -0.39 is 0 Å². The minimum Gasteiger partial charge on any atom is -0.462 e. The molecule has 4 heteroatoms. The van der Waals surface area contributed by atoms with Crippen molar-refractivity contribution in [3.63, 3.8) is 0 Å². The Morgan fingerprint density at radius 3 is 2.65 bits per heavy atom. The number of ether oxygens (including phenoxy) is 2. The number of allylic oxidation sites excluding steroid dienone is 2. The predicted molar refractivity (Wildman–Crippen MR) is 98.5 cm³/mol. The molecule has 0 unspecified atom stereocenters. The molecule has 0 aliphatic heterocycles. The van der Waals surface area contributed by atoms with Gasteiger partial charge in [-0.05, 0) is 72.8 Å². The second-order valence-electron chi connectivity index (χ2n) is 8.21. The Morgan fingerprint density at radius 2 is 1.92 bits per heavy atom. The molecule has 0 amide bonds. The zero-order chi connectivity index (χ0) is 18.5. The number of rotatable bonds is 2. The van der Waals surface area contributed by atoms with Crippen LogP contribution in [-0.2, 0) is 20.7 Å². The zero-order valence-electron chi connectivity index (χ0n) is 15.7. The Balaban J connectivity index is 1.65. The number of carbonyl (C=O) groups excluding carboxylic acids is 2. The van der Waals surface area contributed by atoms with Crippen molar-refractivity contribution in [3.8, 4) is 5.75 Å². The lowest BCUT2D eigenvalue weighted by molar-refractivity contribution is -0.152. The average Bonchev–Trinajstić information content (AvgIpc) is 2.90. The summed E-state index contributed by atoms with van der Waals surface area (Å²) in [5.41, 5.74) is 4.06. The molecule has 0 bridgehead atoms. The Kier molecular flexibility index (Phi) is 4.17. The minimum atomic E-state index is -0.284. The van der Waals surface area contributed by atoms with Crippen LogP contribution >= 0.6 is 0 Å². The normalized spacial score (nSPS) is 32.0. The standard InChI is InChI=1S/C22H26O4/c1-13(23)25-16-5-7-17-15(12-16)4-6-19-18(17)10-11-22(3)20(19)8-9-21(22)26-14(2)24/h5,7,10,12,19-21H,4,6,8-9,11H2,1-3H3/t19-,20+,21-,22+/m0/s1. The molecule has 0 heterocycles. The molecule has 4 rings (SSSR count). The largest absolute Gasteiger partial charge is 0.462 e. The highest BCUT2D eigenvalue weighted by atomic mass is 16.5. The van der Waals surface area contributed by atoms with Crippen LogP contribution in [-0.4, -0.2) is 18.0 Å². The Bertz CT molecular complexity index is 793. The van der Waals surface area contributed by atoms with Gasteiger partial charge in [0, 0.05) is 19.3 Å². The van der Waals surface area contributed by atoms with Crippen molar-refractivity contribution in [1.29, 1.82) is 0 Å². The number of hydrogen-bond acceptors (Lipinski definition) is 4. The maximum Gasteiger partial charge on any atom is 0.308 e. The van der Waals surface area contributed by atoms with Gasteiger partial charge in [0.25, 0.3) is 0 Å². The fraction of sp³-hybridized carbons (Fsp3) is 0.545. The predicted octanol–water partition coefficient (Wildman–Crippen LogP) is 4.31. The molecule has 4 nitrogen and oxygen atoms in total. The van der Waals surface area contributed by atoms with Crippen molar-refractivity contribution < 1.29 is 19.1 Å². The van der Waals surface area contributed by atoms with E-state index in [0.717, 1.165) is 32.1 Å². The van der Waals surface area contributed by atoms with Gasteiger partial charge in [0.2, 0.25) is 0 Å². The van der Waals surface area contributed by atoms with Crippen LogP contribution in [0.3, 0.4) is 0 Å². The van der Waals surface area contributed by atoms with E-state index in [1.807, 2.05) is 12.1 Å². The molecule has 0 saturated heterocycles. The molecule has 0 N–H and O–H groups in total. The van der Waals surface area contributed by atoms with E-state index >= 15 is 0 Å². The van der Waals surface area contributed by atoms with Gasteiger partial charge in [-0.2, -0.15) is 0 Å². The van der Waals surface area contributed by atoms with Gasteiger partial charge in [-0.25, -0.2) is 0 Å². The van der Waals surface area contributed by atoms with Crippen molar-refractivity contribution in [2.75, 3.05) is 0 Å². The molecule has 1 aromatic rings. The highest BCUT2D eigenvalue weighted by molar-refractivity contribution is 5.75. The van der Waals surface area contributed by atoms with E-state index in [1.165, 1.54) is 30.5 Å².